The van der Waals surface area contributed by atoms with Gasteiger partial charge in [-0.2, -0.15) is 0 Å². The van der Waals surface area contributed by atoms with Crippen molar-refractivity contribution in [1.29, 1.82) is 0 Å². The summed E-state index contributed by atoms with van der Waals surface area (Å²) in [6.45, 7) is 16.4. The summed E-state index contributed by atoms with van der Waals surface area (Å²) in [6, 6.07) is 36.9. The molecule has 86 heavy (non-hydrogen) atoms. The number of aryl methyl sites for hydroxylation is 3. The molecule has 0 saturated heterocycles. The van der Waals surface area contributed by atoms with Crippen LogP contribution in [0.25, 0.3) is 0 Å². The highest BCUT2D eigenvalue weighted by Gasteiger charge is 2.26. The first-order chi connectivity index (χ1) is 41.8. The molecule has 14 heteroatoms. The van der Waals surface area contributed by atoms with Crippen molar-refractivity contribution in [2.75, 3.05) is 58.3 Å². The molecule has 0 fully saturated rings. The molecular formula is C72H88N6O8. The number of urea groups is 3. The summed E-state index contributed by atoms with van der Waals surface area (Å²) in [7, 11) is 0. The average molecular weight is 1170 g/mol. The Kier molecular flexibility index (Phi) is 23.6. The van der Waals surface area contributed by atoms with E-state index in [9.17, 15) is 19.5 Å². The summed E-state index contributed by atoms with van der Waals surface area (Å²) in [6.07, 6.45) is 12.1. The molecule has 0 atom stereocenters. The van der Waals surface area contributed by atoms with E-state index in [-0.39, 0.29) is 31.4 Å². The third-order valence-corrected chi connectivity index (χ3v) is 15.2. The number of unbranched alkanes of at least 4 members (excludes halogenated alkanes) is 8. The topological polar surface area (TPSA) is 181 Å². The molecule has 0 saturated carbocycles. The Morgan fingerprint density at radius 1 is 0.326 bits per heavy atom. The molecular weight excluding hydrogens is 1080 g/mol. The Morgan fingerprint density at radius 3 is 0.756 bits per heavy atom. The van der Waals surface area contributed by atoms with Crippen LogP contribution in [0.4, 0.5) is 48.5 Å². The number of carbonyl (C=O) groups excluding carboxylic acids is 3. The molecule has 0 radical (unpaired) electrons. The molecule has 0 aliphatic heterocycles. The van der Waals surface area contributed by atoms with E-state index >= 15 is 0 Å². The van der Waals surface area contributed by atoms with E-state index in [1.54, 1.807) is 12.1 Å². The maximum absolute atomic E-state index is 14.2. The summed E-state index contributed by atoms with van der Waals surface area (Å²) >= 11 is 0. The van der Waals surface area contributed by atoms with E-state index in [0.29, 0.717) is 83.5 Å². The molecule has 1 aliphatic rings. The zero-order valence-electron chi connectivity index (χ0n) is 51.5. The second kappa shape index (κ2) is 32.0. The molecule has 14 nitrogen and oxygen atoms in total. The zero-order chi connectivity index (χ0) is 60.8. The number of phenolic OH excluding ortho intramolecular Hbond substituents is 1. The van der Waals surface area contributed by atoms with Crippen LogP contribution >= 0.6 is 0 Å². The number of carbonyl (C=O) groups is 3. The van der Waals surface area contributed by atoms with Gasteiger partial charge < -0.3 is 56.0 Å². The Morgan fingerprint density at radius 2 is 0.535 bits per heavy atom. The summed E-state index contributed by atoms with van der Waals surface area (Å²) < 4.78 is 28.1. The van der Waals surface area contributed by atoms with Gasteiger partial charge in [-0.15, -0.1) is 0 Å². The Hall–Kier alpha value is -8.65. The standard InChI is InChI=1S/C72H88N6O8/c1-8-12-16-32-83-66-51-36-53-42-63(77-71(81)74-60-28-22-49(6)23-29-60)44-55(67(53)84-33-17-13-9-2)38-57-46-65(79)47-58(69(57)86-35-19-15-11-4)39-56-45-64(78-72(82)75-61-30-24-50(7)25-31-61)43-54(68(56)85-34-18-14-10-3)37-52(66)41-62(40-51)76-70(80)73-59-26-20-48(5)21-27-59/h20-31,40-47,79H,8-19,32-39H2,1-7H3,(H2,73,76,80)(H2,74,77,81)(H2,75,78,82). The fourth-order valence-corrected chi connectivity index (χ4v) is 10.7. The van der Waals surface area contributed by atoms with E-state index in [1.165, 1.54) is 0 Å². The van der Waals surface area contributed by atoms with Crippen LogP contribution in [0.5, 0.6) is 28.7 Å². The minimum atomic E-state index is -0.428. The van der Waals surface area contributed by atoms with Crippen LogP contribution in [0.1, 0.15) is 166 Å². The normalized spacial score (nSPS) is 11.7. The van der Waals surface area contributed by atoms with Crippen molar-refractivity contribution in [2.24, 2.45) is 0 Å². The first kappa shape index (κ1) is 63.4. The first-order valence-corrected chi connectivity index (χ1v) is 31.0. The smallest absolute Gasteiger partial charge is 0.323 e. The molecule has 7 aromatic carbocycles. The van der Waals surface area contributed by atoms with E-state index in [4.69, 9.17) is 18.9 Å². The monoisotopic (exact) mass is 1160 g/mol. The van der Waals surface area contributed by atoms with Crippen molar-refractivity contribution < 1.29 is 38.4 Å². The molecule has 0 spiro atoms. The number of aromatic hydroxyl groups is 1. The molecule has 1 aliphatic carbocycles. The molecule has 8 rings (SSSR count). The van der Waals surface area contributed by atoms with Gasteiger partial charge in [-0.05, 0) is 131 Å². The Bertz CT molecular complexity index is 3210. The van der Waals surface area contributed by atoms with Crippen molar-refractivity contribution in [3.05, 3.63) is 183 Å². The number of amides is 6. The third-order valence-electron chi connectivity index (χ3n) is 15.2. The van der Waals surface area contributed by atoms with Gasteiger partial charge in [0, 0.05) is 104 Å². The van der Waals surface area contributed by atoms with Gasteiger partial charge in [0.2, 0.25) is 0 Å². The van der Waals surface area contributed by atoms with Crippen molar-refractivity contribution in [1.82, 2.24) is 0 Å². The predicted octanol–water partition coefficient (Wildman–Crippen LogP) is 18.2. The highest BCUT2D eigenvalue weighted by molar-refractivity contribution is 6.01. The Balaban J connectivity index is 1.39. The molecule has 0 unspecified atom stereocenters. The molecule has 454 valence electrons. The first-order valence-electron chi connectivity index (χ1n) is 31.0. The number of rotatable bonds is 26. The van der Waals surface area contributed by atoms with Crippen molar-refractivity contribution in [3.8, 4) is 28.7 Å². The molecule has 8 bridgehead atoms. The van der Waals surface area contributed by atoms with E-state index in [1.807, 2.05) is 130 Å². The molecule has 6 amide bonds. The fourth-order valence-electron chi connectivity index (χ4n) is 10.7. The number of phenols is 1. The molecule has 0 heterocycles. The van der Waals surface area contributed by atoms with Crippen LogP contribution in [0.15, 0.2) is 121 Å². The summed E-state index contributed by atoms with van der Waals surface area (Å²) in [5.41, 5.74) is 12.7. The summed E-state index contributed by atoms with van der Waals surface area (Å²) in [5.74, 6) is 2.60. The second-order valence-corrected chi connectivity index (χ2v) is 22.7. The van der Waals surface area contributed by atoms with Crippen molar-refractivity contribution >= 4 is 52.2 Å². The summed E-state index contributed by atoms with van der Waals surface area (Å²) in [4.78, 5) is 42.4. The third kappa shape index (κ3) is 18.7. The van der Waals surface area contributed by atoms with Crippen LogP contribution in [-0.2, 0) is 25.7 Å². The average Bonchev–Trinajstić information content (AvgIpc) is 2.27. The Labute approximate surface area is 509 Å². The van der Waals surface area contributed by atoms with Crippen LogP contribution in [0.3, 0.4) is 0 Å². The SMILES string of the molecule is CCCCCOc1c2cc(O)cc1Cc1cc(NC(=O)Nc3ccc(C)cc3)cc(c1OCCCCC)Cc1cc(NC(=O)Nc3ccc(C)cc3)cc(c1OCCCCC)Cc1cc(NC(=O)Nc3ccc(C)cc3)cc(c1OCCCCC)C2. The van der Waals surface area contributed by atoms with E-state index < -0.39 is 18.1 Å². The van der Waals surface area contributed by atoms with Gasteiger partial charge in [0.15, 0.2) is 0 Å². The fraction of sp³-hybridized carbons (Fsp3) is 0.375. The molecule has 7 aromatic rings. The molecule has 7 N–H and O–H groups in total. The van der Waals surface area contributed by atoms with Gasteiger partial charge in [-0.3, -0.25) is 0 Å². The predicted molar refractivity (Wildman–Crippen MR) is 350 cm³/mol. The zero-order valence-corrected chi connectivity index (χ0v) is 51.5. The van der Waals surface area contributed by atoms with Crippen molar-refractivity contribution in [3.63, 3.8) is 0 Å². The number of fused-ring (bicyclic) bond motifs is 8. The second-order valence-electron chi connectivity index (χ2n) is 22.7. The van der Waals surface area contributed by atoms with Gasteiger partial charge in [-0.25, -0.2) is 14.4 Å². The van der Waals surface area contributed by atoms with Crippen LogP contribution < -0.4 is 50.8 Å². The van der Waals surface area contributed by atoms with Crippen molar-refractivity contribution in [2.45, 2.75) is 151 Å². The van der Waals surface area contributed by atoms with Gasteiger partial charge in [0.05, 0.1) is 26.4 Å². The highest BCUT2D eigenvalue weighted by Crippen LogP contribution is 2.43. The van der Waals surface area contributed by atoms with Crippen LogP contribution in [0, 0.1) is 20.8 Å². The lowest BCUT2D eigenvalue weighted by Gasteiger charge is -2.25. The lowest BCUT2D eigenvalue weighted by molar-refractivity contribution is 0.261. The van der Waals surface area contributed by atoms with Crippen LogP contribution in [0.2, 0.25) is 0 Å². The number of benzene rings is 7. The number of anilines is 6. The lowest BCUT2D eigenvalue weighted by atomic mass is 9.90. The van der Waals surface area contributed by atoms with Gasteiger partial charge in [-0.1, -0.05) is 132 Å². The van der Waals surface area contributed by atoms with Gasteiger partial charge >= 0.3 is 18.1 Å². The van der Waals surface area contributed by atoms with Gasteiger partial charge in [0.25, 0.3) is 0 Å². The largest absolute Gasteiger partial charge is 0.508 e. The lowest BCUT2D eigenvalue weighted by Crippen LogP contribution is -2.20. The number of hydrogen-bond donors (Lipinski definition) is 7. The van der Waals surface area contributed by atoms with Crippen LogP contribution in [-0.4, -0.2) is 49.6 Å². The maximum atomic E-state index is 14.2. The maximum Gasteiger partial charge on any atom is 0.323 e. The highest BCUT2D eigenvalue weighted by atomic mass is 16.5. The number of hydrogen-bond acceptors (Lipinski definition) is 8. The minimum Gasteiger partial charge on any atom is -0.508 e. The quantitative estimate of drug-likeness (QED) is 0.0262. The number of nitrogens with one attached hydrogen (secondary N) is 6. The minimum absolute atomic E-state index is 0.0538. The molecule has 0 aromatic heterocycles. The van der Waals surface area contributed by atoms with Gasteiger partial charge in [0.1, 0.15) is 28.7 Å². The number of ether oxygens (including phenoxy) is 4. The summed E-state index contributed by atoms with van der Waals surface area (Å²) in [5, 5.41) is 30.5. The van der Waals surface area contributed by atoms with E-state index in [2.05, 4.69) is 59.6 Å². The van der Waals surface area contributed by atoms with E-state index in [0.717, 1.165) is 138 Å².